The van der Waals surface area contributed by atoms with Crippen LogP contribution in [-0.2, 0) is 0 Å². The van der Waals surface area contributed by atoms with Crippen LogP contribution in [0.25, 0.3) is 5.52 Å². The average molecular weight is 226 g/mol. The van der Waals surface area contributed by atoms with E-state index in [-0.39, 0.29) is 6.04 Å². The minimum absolute atomic E-state index is 0.285. The largest absolute Gasteiger partial charge is 0.307 e. The number of aromatic nitrogens is 2. The van der Waals surface area contributed by atoms with E-state index in [9.17, 15) is 0 Å². The number of nitrogens with zero attached hydrogens (tertiary/aromatic N) is 3. The molecule has 0 bridgehead atoms. The lowest BCUT2D eigenvalue weighted by molar-refractivity contribution is 0.602. The van der Waals surface area contributed by atoms with E-state index in [1.807, 2.05) is 29.7 Å². The second-order valence-electron chi connectivity index (χ2n) is 4.54. The fourth-order valence-electron chi connectivity index (χ4n) is 2.45. The standard InChI is InChI=1S/C13H14N4/c1-9-4-6-17-12(7-9)11(8-14)16-13(17)10-3-2-5-15-10/h4,6-7,10,15H,2-3,5H2,1H3. The number of imidazole rings is 1. The Bertz CT molecular complexity index is 600. The highest BCUT2D eigenvalue weighted by Gasteiger charge is 2.22. The fourth-order valence-corrected chi connectivity index (χ4v) is 2.45. The number of fused-ring (bicyclic) bond motifs is 1. The van der Waals surface area contributed by atoms with E-state index < -0.39 is 0 Å². The predicted molar refractivity (Wildman–Crippen MR) is 64.6 cm³/mol. The highest BCUT2D eigenvalue weighted by Crippen LogP contribution is 2.25. The van der Waals surface area contributed by atoms with Crippen LogP contribution in [0.2, 0.25) is 0 Å². The number of nitriles is 1. The first-order chi connectivity index (χ1) is 8.29. The van der Waals surface area contributed by atoms with Crippen LogP contribution in [0.15, 0.2) is 18.3 Å². The minimum Gasteiger partial charge on any atom is -0.307 e. The molecule has 1 unspecified atom stereocenters. The van der Waals surface area contributed by atoms with Crippen LogP contribution in [0, 0.1) is 18.3 Å². The SMILES string of the molecule is Cc1ccn2c(C3CCCN3)nc(C#N)c2c1. The van der Waals surface area contributed by atoms with Gasteiger partial charge in [0.2, 0.25) is 0 Å². The molecule has 0 spiro atoms. The summed E-state index contributed by atoms with van der Waals surface area (Å²) in [6.45, 7) is 3.06. The van der Waals surface area contributed by atoms with Crippen molar-refractivity contribution in [2.24, 2.45) is 0 Å². The van der Waals surface area contributed by atoms with Gasteiger partial charge in [-0.2, -0.15) is 5.26 Å². The number of rotatable bonds is 1. The molecule has 4 heteroatoms. The van der Waals surface area contributed by atoms with Gasteiger partial charge in [0.25, 0.3) is 0 Å². The monoisotopic (exact) mass is 226 g/mol. The predicted octanol–water partition coefficient (Wildman–Crippen LogP) is 1.94. The van der Waals surface area contributed by atoms with Gasteiger partial charge in [0.1, 0.15) is 11.9 Å². The van der Waals surface area contributed by atoms with Crippen molar-refractivity contribution >= 4 is 5.52 Å². The molecule has 1 fully saturated rings. The zero-order chi connectivity index (χ0) is 11.8. The first kappa shape index (κ1) is 10.3. The Morgan fingerprint density at radius 3 is 3.18 bits per heavy atom. The van der Waals surface area contributed by atoms with Crippen LogP contribution >= 0.6 is 0 Å². The van der Waals surface area contributed by atoms with Crippen molar-refractivity contribution in [2.45, 2.75) is 25.8 Å². The van der Waals surface area contributed by atoms with E-state index in [1.54, 1.807) is 0 Å². The van der Waals surface area contributed by atoms with Gasteiger partial charge in [-0.3, -0.25) is 0 Å². The van der Waals surface area contributed by atoms with Gasteiger partial charge in [0, 0.05) is 6.20 Å². The number of aryl methyl sites for hydroxylation is 1. The molecule has 4 nitrogen and oxygen atoms in total. The van der Waals surface area contributed by atoms with Crippen LogP contribution in [0.1, 0.15) is 36.0 Å². The van der Waals surface area contributed by atoms with Gasteiger partial charge in [-0.05, 0) is 44.0 Å². The topological polar surface area (TPSA) is 53.1 Å². The van der Waals surface area contributed by atoms with Crippen molar-refractivity contribution < 1.29 is 0 Å². The second kappa shape index (κ2) is 3.86. The smallest absolute Gasteiger partial charge is 0.166 e. The highest BCUT2D eigenvalue weighted by molar-refractivity contribution is 5.60. The van der Waals surface area contributed by atoms with Crippen molar-refractivity contribution in [1.29, 1.82) is 5.26 Å². The second-order valence-corrected chi connectivity index (χ2v) is 4.54. The molecule has 1 atom stereocenters. The van der Waals surface area contributed by atoms with Gasteiger partial charge in [-0.1, -0.05) is 0 Å². The van der Waals surface area contributed by atoms with Crippen LogP contribution in [0.4, 0.5) is 0 Å². The molecule has 86 valence electrons. The summed E-state index contributed by atoms with van der Waals surface area (Å²) in [5.41, 5.74) is 2.59. The molecule has 3 rings (SSSR count). The molecule has 0 radical (unpaired) electrons. The summed E-state index contributed by atoms with van der Waals surface area (Å²) in [4.78, 5) is 4.47. The Morgan fingerprint density at radius 1 is 1.59 bits per heavy atom. The lowest BCUT2D eigenvalue weighted by atomic mass is 10.2. The van der Waals surface area contributed by atoms with Crippen molar-refractivity contribution in [3.63, 3.8) is 0 Å². The Balaban J connectivity index is 2.22. The summed E-state index contributed by atoms with van der Waals surface area (Å²) < 4.78 is 2.04. The zero-order valence-electron chi connectivity index (χ0n) is 9.77. The Hall–Kier alpha value is -1.86. The number of nitrogens with one attached hydrogen (secondary N) is 1. The van der Waals surface area contributed by atoms with Crippen molar-refractivity contribution in [2.75, 3.05) is 6.54 Å². The first-order valence-electron chi connectivity index (χ1n) is 5.91. The van der Waals surface area contributed by atoms with Gasteiger partial charge in [-0.25, -0.2) is 4.98 Å². The molecular weight excluding hydrogens is 212 g/mol. The maximum absolute atomic E-state index is 9.14. The number of hydrogen-bond donors (Lipinski definition) is 1. The van der Waals surface area contributed by atoms with Gasteiger partial charge in [0.05, 0.1) is 11.6 Å². The minimum atomic E-state index is 0.285. The van der Waals surface area contributed by atoms with Gasteiger partial charge < -0.3 is 9.72 Å². The molecule has 3 heterocycles. The summed E-state index contributed by atoms with van der Waals surface area (Å²) in [6.07, 6.45) is 4.28. The van der Waals surface area contributed by atoms with E-state index >= 15 is 0 Å². The summed E-state index contributed by atoms with van der Waals surface area (Å²) >= 11 is 0. The zero-order valence-corrected chi connectivity index (χ0v) is 9.77. The third-order valence-corrected chi connectivity index (χ3v) is 3.30. The fraction of sp³-hybridized carbons (Fsp3) is 0.385. The van der Waals surface area contributed by atoms with E-state index in [0.29, 0.717) is 5.69 Å². The molecule has 2 aromatic rings. The van der Waals surface area contributed by atoms with Crippen LogP contribution in [0.5, 0.6) is 0 Å². The van der Waals surface area contributed by atoms with Crippen LogP contribution < -0.4 is 5.32 Å². The van der Waals surface area contributed by atoms with E-state index in [2.05, 4.69) is 16.4 Å². The molecule has 0 aliphatic carbocycles. The van der Waals surface area contributed by atoms with E-state index in [0.717, 1.165) is 29.9 Å². The van der Waals surface area contributed by atoms with Crippen LogP contribution in [-0.4, -0.2) is 15.9 Å². The third-order valence-electron chi connectivity index (χ3n) is 3.30. The van der Waals surface area contributed by atoms with Crippen molar-refractivity contribution in [1.82, 2.24) is 14.7 Å². The summed E-state index contributed by atoms with van der Waals surface area (Å²) in [7, 11) is 0. The van der Waals surface area contributed by atoms with Gasteiger partial charge >= 0.3 is 0 Å². The van der Waals surface area contributed by atoms with Gasteiger partial charge in [-0.15, -0.1) is 0 Å². The molecule has 0 aromatic carbocycles. The molecule has 0 saturated carbocycles. The molecule has 1 N–H and O–H groups in total. The summed E-state index contributed by atoms with van der Waals surface area (Å²) in [5, 5.41) is 12.6. The Kier molecular flexibility index (Phi) is 2.34. The summed E-state index contributed by atoms with van der Waals surface area (Å²) in [6, 6.07) is 6.53. The van der Waals surface area contributed by atoms with E-state index in [1.165, 1.54) is 6.42 Å². The molecule has 1 aliphatic heterocycles. The molecule has 1 saturated heterocycles. The first-order valence-corrected chi connectivity index (χ1v) is 5.91. The Labute approximate surface area is 99.9 Å². The maximum atomic E-state index is 9.14. The third kappa shape index (κ3) is 1.60. The Morgan fingerprint density at radius 2 is 2.47 bits per heavy atom. The molecular formula is C13H14N4. The lowest BCUT2D eigenvalue weighted by Crippen LogP contribution is -2.15. The van der Waals surface area contributed by atoms with Crippen molar-refractivity contribution in [3.05, 3.63) is 35.4 Å². The lowest BCUT2D eigenvalue weighted by Gasteiger charge is -2.08. The summed E-state index contributed by atoms with van der Waals surface area (Å²) in [5.74, 6) is 0.967. The molecule has 1 aliphatic rings. The van der Waals surface area contributed by atoms with E-state index in [4.69, 9.17) is 5.26 Å². The maximum Gasteiger partial charge on any atom is 0.166 e. The number of hydrogen-bond acceptors (Lipinski definition) is 3. The normalized spacial score (nSPS) is 19.6. The molecule has 2 aromatic heterocycles. The highest BCUT2D eigenvalue weighted by atomic mass is 15.1. The number of pyridine rings is 1. The quantitative estimate of drug-likeness (QED) is 0.808. The average Bonchev–Trinajstić information content (AvgIpc) is 2.94. The van der Waals surface area contributed by atoms with Crippen LogP contribution in [0.3, 0.4) is 0 Å². The van der Waals surface area contributed by atoms with Crippen molar-refractivity contribution in [3.8, 4) is 6.07 Å². The molecule has 0 amide bonds. The molecule has 17 heavy (non-hydrogen) atoms. The van der Waals surface area contributed by atoms with Gasteiger partial charge in [0.15, 0.2) is 5.69 Å².